The van der Waals surface area contributed by atoms with Crippen LogP contribution in [0.5, 0.6) is 17.2 Å². The summed E-state index contributed by atoms with van der Waals surface area (Å²) in [7, 11) is -1.99. The van der Waals surface area contributed by atoms with Crippen LogP contribution in [0.15, 0.2) is 76.6 Å². The largest absolute Gasteiger partial charge is 0.493 e. The lowest BCUT2D eigenvalue weighted by atomic mass is 9.87. The summed E-state index contributed by atoms with van der Waals surface area (Å²) in [6.45, 7) is 8.35. The number of ether oxygens (including phenoxy) is 2. The van der Waals surface area contributed by atoms with Crippen molar-refractivity contribution in [2.45, 2.75) is 37.5 Å². The molecule has 0 saturated carbocycles. The number of sulfonamides is 1. The summed E-state index contributed by atoms with van der Waals surface area (Å²) in [4.78, 5) is 7.48. The molecule has 1 fully saturated rings. The highest BCUT2D eigenvalue weighted by Gasteiger charge is 2.31. The van der Waals surface area contributed by atoms with Gasteiger partial charge in [-0.3, -0.25) is 0 Å². The lowest BCUT2D eigenvalue weighted by Crippen LogP contribution is -2.37. The van der Waals surface area contributed by atoms with Crippen molar-refractivity contribution in [2.75, 3.05) is 33.3 Å². The molecule has 2 aliphatic heterocycles. The third kappa shape index (κ3) is 4.95. The fraction of sp³-hybridized carbons (Fsp3) is 0.345. The van der Waals surface area contributed by atoms with E-state index in [9.17, 15) is 8.42 Å². The molecule has 0 N–H and O–H groups in total. The van der Waals surface area contributed by atoms with Crippen LogP contribution >= 0.6 is 0 Å². The first kappa shape index (κ1) is 25.3. The van der Waals surface area contributed by atoms with Gasteiger partial charge >= 0.3 is 0 Å². The molecule has 3 aromatic carbocycles. The van der Waals surface area contributed by atoms with Gasteiger partial charge in [0.15, 0.2) is 17.2 Å². The van der Waals surface area contributed by atoms with Crippen LogP contribution in [0.1, 0.15) is 38.3 Å². The number of methoxy groups -OCH3 is 1. The standard InChI is InChI=1S/C29H33N3O4S/c1-29(2,3)21-13-15-22(16-14-21)37(33,34)32-18-8-17-31(19-20-32)28-23-9-7-12-26(35-4)27(23)36-25-11-6-5-10-24(25)30-28/h5-7,9-16H,8,17-20H2,1-4H3. The van der Waals surface area contributed by atoms with Crippen LogP contribution < -0.4 is 9.47 Å². The normalized spacial score (nSPS) is 16.5. The summed E-state index contributed by atoms with van der Waals surface area (Å²) in [5.41, 5.74) is 2.62. The number of amidine groups is 1. The van der Waals surface area contributed by atoms with E-state index in [1.807, 2.05) is 54.6 Å². The van der Waals surface area contributed by atoms with Crippen molar-refractivity contribution in [2.24, 2.45) is 4.99 Å². The van der Waals surface area contributed by atoms with Crippen molar-refractivity contribution in [1.29, 1.82) is 0 Å². The molecule has 0 atom stereocenters. The average molecular weight is 520 g/mol. The van der Waals surface area contributed by atoms with Gasteiger partial charge in [0.05, 0.1) is 17.6 Å². The molecule has 2 aliphatic rings. The molecule has 5 rings (SSSR count). The first-order chi connectivity index (χ1) is 17.7. The maximum atomic E-state index is 13.5. The van der Waals surface area contributed by atoms with Gasteiger partial charge < -0.3 is 14.4 Å². The number of fused-ring (bicyclic) bond motifs is 2. The van der Waals surface area contributed by atoms with E-state index in [-0.39, 0.29) is 5.41 Å². The SMILES string of the molecule is COc1cccc2c1Oc1ccccc1N=C2N1CCCN(S(=O)(=O)c2ccc(C(C)(C)C)cc2)CC1. The topological polar surface area (TPSA) is 71.4 Å². The molecule has 0 aliphatic carbocycles. The zero-order chi connectivity index (χ0) is 26.2. The summed E-state index contributed by atoms with van der Waals surface area (Å²) < 4.78 is 40.5. The summed E-state index contributed by atoms with van der Waals surface area (Å²) in [6.07, 6.45) is 0.681. The number of hydrogen-bond acceptors (Lipinski definition) is 6. The van der Waals surface area contributed by atoms with Crippen molar-refractivity contribution < 1.29 is 17.9 Å². The van der Waals surface area contributed by atoms with E-state index >= 15 is 0 Å². The fourth-order valence-corrected chi connectivity index (χ4v) is 6.21. The molecular formula is C29H33N3O4S. The Labute approximate surface area is 219 Å². The van der Waals surface area contributed by atoms with E-state index in [1.165, 1.54) is 0 Å². The van der Waals surface area contributed by atoms with E-state index in [0.717, 1.165) is 22.6 Å². The number of aliphatic imine (C=N–C) groups is 1. The van der Waals surface area contributed by atoms with E-state index in [4.69, 9.17) is 14.5 Å². The predicted molar refractivity (Wildman–Crippen MR) is 146 cm³/mol. The van der Waals surface area contributed by atoms with Gasteiger partial charge in [-0.25, -0.2) is 13.4 Å². The Balaban J connectivity index is 1.44. The molecule has 0 unspecified atom stereocenters. The summed E-state index contributed by atoms with van der Waals surface area (Å²) >= 11 is 0. The Morgan fingerprint density at radius 1 is 0.892 bits per heavy atom. The van der Waals surface area contributed by atoms with Crippen LogP contribution in [0, 0.1) is 0 Å². The molecule has 2 heterocycles. The smallest absolute Gasteiger partial charge is 0.243 e. The molecule has 0 spiro atoms. The molecule has 1 saturated heterocycles. The predicted octanol–water partition coefficient (Wildman–Crippen LogP) is 5.57. The second kappa shape index (κ2) is 9.84. The van der Waals surface area contributed by atoms with Crippen molar-refractivity contribution in [3.05, 3.63) is 77.9 Å². The number of para-hydroxylation sites is 3. The van der Waals surface area contributed by atoms with Crippen LogP contribution in [0.4, 0.5) is 5.69 Å². The van der Waals surface area contributed by atoms with Crippen LogP contribution in [0.25, 0.3) is 0 Å². The molecule has 7 nitrogen and oxygen atoms in total. The summed E-state index contributed by atoms with van der Waals surface area (Å²) in [5.74, 6) is 2.65. The molecule has 0 radical (unpaired) electrons. The molecule has 0 amide bonds. The van der Waals surface area contributed by atoms with Crippen molar-refractivity contribution in [3.63, 3.8) is 0 Å². The summed E-state index contributed by atoms with van der Waals surface area (Å²) in [6, 6.07) is 20.7. The lowest BCUT2D eigenvalue weighted by molar-refractivity contribution is 0.378. The van der Waals surface area contributed by atoms with Crippen LogP contribution in [-0.4, -0.2) is 56.7 Å². The maximum Gasteiger partial charge on any atom is 0.243 e. The second-order valence-electron chi connectivity index (χ2n) is 10.4. The van der Waals surface area contributed by atoms with Crippen molar-refractivity contribution in [1.82, 2.24) is 9.21 Å². The molecule has 194 valence electrons. The van der Waals surface area contributed by atoms with Crippen molar-refractivity contribution >= 4 is 21.5 Å². The van der Waals surface area contributed by atoms with Gasteiger partial charge in [-0.15, -0.1) is 0 Å². The quantitative estimate of drug-likeness (QED) is 0.452. The number of benzene rings is 3. The Bertz CT molecular complexity index is 1430. The molecule has 8 heteroatoms. The minimum Gasteiger partial charge on any atom is -0.493 e. The first-order valence-electron chi connectivity index (χ1n) is 12.6. The monoisotopic (exact) mass is 519 g/mol. The first-order valence-corrected chi connectivity index (χ1v) is 14.0. The van der Waals surface area contributed by atoms with Gasteiger partial charge in [-0.05, 0) is 53.8 Å². The highest BCUT2D eigenvalue weighted by Crippen LogP contribution is 2.42. The summed E-state index contributed by atoms with van der Waals surface area (Å²) in [5, 5.41) is 0. The fourth-order valence-electron chi connectivity index (χ4n) is 4.74. The van der Waals surface area contributed by atoms with E-state index in [1.54, 1.807) is 23.5 Å². The van der Waals surface area contributed by atoms with Crippen LogP contribution in [0.3, 0.4) is 0 Å². The molecule has 0 aromatic heterocycles. The minimum absolute atomic E-state index is 0.0356. The van der Waals surface area contributed by atoms with Crippen LogP contribution in [0.2, 0.25) is 0 Å². The zero-order valence-electron chi connectivity index (χ0n) is 21.8. The Morgan fingerprint density at radius 3 is 2.38 bits per heavy atom. The zero-order valence-corrected chi connectivity index (χ0v) is 22.6. The highest BCUT2D eigenvalue weighted by atomic mass is 32.2. The van der Waals surface area contributed by atoms with Gasteiger partial charge in [0, 0.05) is 26.2 Å². The van der Waals surface area contributed by atoms with E-state index in [2.05, 4.69) is 25.7 Å². The second-order valence-corrected chi connectivity index (χ2v) is 12.3. The van der Waals surface area contributed by atoms with Gasteiger partial charge in [0.25, 0.3) is 0 Å². The number of rotatable bonds is 3. The third-order valence-electron chi connectivity index (χ3n) is 6.86. The molecular weight excluding hydrogens is 486 g/mol. The Morgan fingerprint density at radius 2 is 1.65 bits per heavy atom. The van der Waals surface area contributed by atoms with Gasteiger partial charge in [0.2, 0.25) is 10.0 Å². The van der Waals surface area contributed by atoms with Gasteiger partial charge in [0.1, 0.15) is 11.5 Å². The van der Waals surface area contributed by atoms with E-state index < -0.39 is 10.0 Å². The number of hydrogen-bond donors (Lipinski definition) is 0. The maximum absolute atomic E-state index is 13.5. The Hall–Kier alpha value is -3.36. The van der Waals surface area contributed by atoms with Gasteiger partial charge in [-0.2, -0.15) is 4.31 Å². The van der Waals surface area contributed by atoms with Gasteiger partial charge in [-0.1, -0.05) is 51.1 Å². The Kier molecular flexibility index (Phi) is 6.72. The van der Waals surface area contributed by atoms with E-state index in [0.29, 0.717) is 54.7 Å². The molecule has 37 heavy (non-hydrogen) atoms. The average Bonchev–Trinajstić information content (AvgIpc) is 3.23. The highest BCUT2D eigenvalue weighted by molar-refractivity contribution is 7.89. The van der Waals surface area contributed by atoms with Crippen molar-refractivity contribution in [3.8, 4) is 17.2 Å². The molecule has 3 aromatic rings. The van der Waals surface area contributed by atoms with Crippen LogP contribution in [-0.2, 0) is 15.4 Å². The number of nitrogens with zero attached hydrogens (tertiary/aromatic N) is 3. The third-order valence-corrected chi connectivity index (χ3v) is 8.77. The molecule has 0 bridgehead atoms. The lowest BCUT2D eigenvalue weighted by Gasteiger charge is -2.25. The minimum atomic E-state index is -3.61.